The minimum Gasteiger partial charge on any atom is -0.378 e. The number of halogens is 3. The topological polar surface area (TPSA) is 70.7 Å². The van der Waals surface area contributed by atoms with Gasteiger partial charge in [0.05, 0.1) is 30.5 Å². The third-order valence-corrected chi connectivity index (χ3v) is 4.35. The Morgan fingerprint density at radius 1 is 1.38 bits per heavy atom. The van der Waals surface area contributed by atoms with Crippen LogP contribution in [0.3, 0.4) is 0 Å². The van der Waals surface area contributed by atoms with Crippen LogP contribution in [-0.4, -0.2) is 55.6 Å². The summed E-state index contributed by atoms with van der Waals surface area (Å²) < 4.78 is 5.37. The number of rotatable bonds is 7. The van der Waals surface area contributed by atoms with Gasteiger partial charge in [-0.05, 0) is 24.6 Å². The van der Waals surface area contributed by atoms with Crippen molar-refractivity contribution in [2.45, 2.75) is 25.8 Å². The standard InChI is InChI=1S/C17H23Cl2N3O3.ClH/c1-2-6-22(17(24)9-13-11-25-7-5-20-13)10-16(23)21-15-4-3-12(18)8-14(15)19;/h3-4,8,13,20H,2,5-7,9-11H2,1H3,(H,21,23);1H. The van der Waals surface area contributed by atoms with E-state index in [-0.39, 0.29) is 36.8 Å². The van der Waals surface area contributed by atoms with Gasteiger partial charge >= 0.3 is 0 Å². The third-order valence-electron chi connectivity index (χ3n) is 3.81. The summed E-state index contributed by atoms with van der Waals surface area (Å²) in [7, 11) is 0. The van der Waals surface area contributed by atoms with Crippen LogP contribution in [0.25, 0.3) is 0 Å². The van der Waals surface area contributed by atoms with E-state index in [1.165, 1.54) is 0 Å². The number of benzene rings is 1. The van der Waals surface area contributed by atoms with Crippen LogP contribution in [0, 0.1) is 0 Å². The Morgan fingerprint density at radius 2 is 2.15 bits per heavy atom. The average molecular weight is 425 g/mol. The molecule has 0 spiro atoms. The Balaban J connectivity index is 0.00000338. The molecule has 26 heavy (non-hydrogen) atoms. The van der Waals surface area contributed by atoms with Gasteiger partial charge < -0.3 is 20.3 Å². The molecular formula is C17H24Cl3N3O3. The molecule has 2 amide bonds. The van der Waals surface area contributed by atoms with Gasteiger partial charge in [0, 0.05) is 30.6 Å². The summed E-state index contributed by atoms with van der Waals surface area (Å²) in [6.07, 6.45) is 1.09. The molecule has 0 radical (unpaired) electrons. The van der Waals surface area contributed by atoms with E-state index < -0.39 is 0 Å². The number of nitrogens with zero attached hydrogens (tertiary/aromatic N) is 1. The summed E-state index contributed by atoms with van der Waals surface area (Å²) in [5, 5.41) is 6.82. The molecule has 1 unspecified atom stereocenters. The van der Waals surface area contributed by atoms with Crippen molar-refractivity contribution in [1.29, 1.82) is 0 Å². The Morgan fingerprint density at radius 3 is 2.77 bits per heavy atom. The summed E-state index contributed by atoms with van der Waals surface area (Å²) in [6, 6.07) is 4.84. The molecule has 9 heteroatoms. The van der Waals surface area contributed by atoms with E-state index in [0.717, 1.165) is 13.0 Å². The highest BCUT2D eigenvalue weighted by molar-refractivity contribution is 6.36. The van der Waals surface area contributed by atoms with E-state index in [0.29, 0.717) is 41.9 Å². The first-order chi connectivity index (χ1) is 12.0. The molecule has 2 N–H and O–H groups in total. The molecule has 0 bridgehead atoms. The highest BCUT2D eigenvalue weighted by Gasteiger charge is 2.22. The molecule has 146 valence electrons. The van der Waals surface area contributed by atoms with Crippen molar-refractivity contribution >= 4 is 53.1 Å². The number of ether oxygens (including phenoxy) is 1. The maximum Gasteiger partial charge on any atom is 0.244 e. The zero-order valence-corrected chi connectivity index (χ0v) is 16.9. The first-order valence-corrected chi connectivity index (χ1v) is 9.09. The second kappa shape index (κ2) is 11.6. The van der Waals surface area contributed by atoms with E-state index in [2.05, 4.69) is 10.6 Å². The fraction of sp³-hybridized carbons (Fsp3) is 0.529. The van der Waals surface area contributed by atoms with Crippen molar-refractivity contribution in [2.75, 3.05) is 38.2 Å². The number of morpholine rings is 1. The van der Waals surface area contributed by atoms with Gasteiger partial charge in [0.25, 0.3) is 0 Å². The predicted molar refractivity (Wildman–Crippen MR) is 106 cm³/mol. The Labute approximate surface area is 169 Å². The van der Waals surface area contributed by atoms with Crippen LogP contribution in [0.1, 0.15) is 19.8 Å². The van der Waals surface area contributed by atoms with Crippen LogP contribution in [0.15, 0.2) is 18.2 Å². The van der Waals surface area contributed by atoms with Crippen LogP contribution < -0.4 is 10.6 Å². The monoisotopic (exact) mass is 423 g/mol. The van der Waals surface area contributed by atoms with Crippen LogP contribution in [0.4, 0.5) is 5.69 Å². The lowest BCUT2D eigenvalue weighted by atomic mass is 10.1. The SMILES string of the molecule is CCCN(CC(=O)Nc1ccc(Cl)cc1Cl)C(=O)CC1COCCN1.Cl. The molecule has 0 aliphatic carbocycles. The Hall–Kier alpha value is -1.05. The van der Waals surface area contributed by atoms with E-state index in [1.807, 2.05) is 6.92 Å². The molecule has 1 atom stereocenters. The fourth-order valence-corrected chi connectivity index (χ4v) is 3.06. The maximum atomic E-state index is 12.5. The molecular weight excluding hydrogens is 401 g/mol. The molecule has 1 heterocycles. The summed E-state index contributed by atoms with van der Waals surface area (Å²) in [6.45, 7) is 4.39. The van der Waals surface area contributed by atoms with Crippen LogP contribution >= 0.6 is 35.6 Å². The summed E-state index contributed by atoms with van der Waals surface area (Å²) in [4.78, 5) is 26.4. The average Bonchev–Trinajstić information content (AvgIpc) is 2.58. The Bertz CT molecular complexity index is 610. The van der Waals surface area contributed by atoms with Crippen LogP contribution in [0.2, 0.25) is 10.0 Å². The van der Waals surface area contributed by atoms with Gasteiger partial charge in [0.2, 0.25) is 11.8 Å². The van der Waals surface area contributed by atoms with E-state index in [1.54, 1.807) is 23.1 Å². The zero-order chi connectivity index (χ0) is 18.2. The number of carbonyl (C=O) groups excluding carboxylic acids is 2. The van der Waals surface area contributed by atoms with Crippen molar-refractivity contribution in [1.82, 2.24) is 10.2 Å². The number of carbonyl (C=O) groups is 2. The van der Waals surface area contributed by atoms with Crippen molar-refractivity contribution in [2.24, 2.45) is 0 Å². The summed E-state index contributed by atoms with van der Waals surface area (Å²) in [5.74, 6) is -0.360. The van der Waals surface area contributed by atoms with Crippen molar-refractivity contribution in [3.8, 4) is 0 Å². The second-order valence-corrected chi connectivity index (χ2v) is 6.76. The molecule has 1 aliphatic heterocycles. The molecule has 1 saturated heterocycles. The fourth-order valence-electron chi connectivity index (χ4n) is 2.61. The lowest BCUT2D eigenvalue weighted by Crippen LogP contribution is -2.46. The van der Waals surface area contributed by atoms with Crippen molar-refractivity contribution < 1.29 is 14.3 Å². The molecule has 1 aromatic carbocycles. The predicted octanol–water partition coefficient (Wildman–Crippen LogP) is 2.97. The Kier molecular flexibility index (Phi) is 10.3. The smallest absolute Gasteiger partial charge is 0.244 e. The van der Waals surface area contributed by atoms with Gasteiger partial charge in [-0.15, -0.1) is 12.4 Å². The molecule has 2 rings (SSSR count). The van der Waals surface area contributed by atoms with Gasteiger partial charge in [-0.2, -0.15) is 0 Å². The highest BCUT2D eigenvalue weighted by Crippen LogP contribution is 2.25. The first-order valence-electron chi connectivity index (χ1n) is 8.33. The molecule has 1 aliphatic rings. The van der Waals surface area contributed by atoms with Crippen LogP contribution in [-0.2, 0) is 14.3 Å². The molecule has 6 nitrogen and oxygen atoms in total. The third kappa shape index (κ3) is 7.29. The van der Waals surface area contributed by atoms with E-state index in [4.69, 9.17) is 27.9 Å². The maximum absolute atomic E-state index is 12.5. The van der Waals surface area contributed by atoms with E-state index >= 15 is 0 Å². The minimum absolute atomic E-state index is 0. The minimum atomic E-state index is -0.293. The number of amides is 2. The van der Waals surface area contributed by atoms with Crippen molar-refractivity contribution in [3.05, 3.63) is 28.2 Å². The quantitative estimate of drug-likeness (QED) is 0.706. The molecule has 1 aromatic rings. The van der Waals surface area contributed by atoms with Gasteiger partial charge in [-0.1, -0.05) is 30.1 Å². The van der Waals surface area contributed by atoms with Crippen LogP contribution in [0.5, 0.6) is 0 Å². The highest BCUT2D eigenvalue weighted by atomic mass is 35.5. The van der Waals surface area contributed by atoms with Gasteiger partial charge in [0.15, 0.2) is 0 Å². The van der Waals surface area contributed by atoms with E-state index in [9.17, 15) is 9.59 Å². The zero-order valence-electron chi connectivity index (χ0n) is 14.6. The molecule has 0 aromatic heterocycles. The number of hydrogen-bond donors (Lipinski definition) is 2. The largest absolute Gasteiger partial charge is 0.378 e. The second-order valence-electron chi connectivity index (χ2n) is 5.92. The normalized spacial score (nSPS) is 16.5. The van der Waals surface area contributed by atoms with Crippen molar-refractivity contribution in [3.63, 3.8) is 0 Å². The lowest BCUT2D eigenvalue weighted by molar-refractivity contribution is -0.135. The molecule has 0 saturated carbocycles. The first kappa shape index (κ1) is 23.0. The number of hydrogen-bond acceptors (Lipinski definition) is 4. The van der Waals surface area contributed by atoms with Gasteiger partial charge in [-0.25, -0.2) is 0 Å². The van der Waals surface area contributed by atoms with Gasteiger partial charge in [-0.3, -0.25) is 9.59 Å². The number of anilines is 1. The summed E-state index contributed by atoms with van der Waals surface area (Å²) >= 11 is 11.9. The lowest BCUT2D eigenvalue weighted by Gasteiger charge is -2.27. The number of nitrogens with one attached hydrogen (secondary N) is 2. The summed E-state index contributed by atoms with van der Waals surface area (Å²) in [5.41, 5.74) is 0.474. The van der Waals surface area contributed by atoms with Gasteiger partial charge in [0.1, 0.15) is 0 Å². The molecule has 1 fully saturated rings.